The summed E-state index contributed by atoms with van der Waals surface area (Å²) in [5.41, 5.74) is 1.49. The molecule has 1 aromatic heterocycles. The smallest absolute Gasteiger partial charge is 0.108 e. The summed E-state index contributed by atoms with van der Waals surface area (Å²) in [4.78, 5) is 2.82. The van der Waals surface area contributed by atoms with Crippen molar-refractivity contribution in [2.45, 2.75) is 69.5 Å². The molecular formula is C17H26N2O. The minimum atomic E-state index is 0.616. The summed E-state index contributed by atoms with van der Waals surface area (Å²) in [5, 5.41) is 3.75. The van der Waals surface area contributed by atoms with E-state index < -0.39 is 0 Å². The molecule has 0 bridgehead atoms. The zero-order valence-electron chi connectivity index (χ0n) is 12.3. The number of piperidine rings is 1. The first-order chi connectivity index (χ1) is 9.93. The normalized spacial score (nSPS) is 35.1. The molecule has 1 N–H and O–H groups in total. The summed E-state index contributed by atoms with van der Waals surface area (Å²) in [6, 6.07) is 4.32. The molecule has 3 atom stereocenters. The van der Waals surface area contributed by atoms with Crippen LogP contribution >= 0.6 is 0 Å². The van der Waals surface area contributed by atoms with E-state index in [2.05, 4.69) is 16.3 Å². The van der Waals surface area contributed by atoms with Gasteiger partial charge >= 0.3 is 0 Å². The summed E-state index contributed by atoms with van der Waals surface area (Å²) < 4.78 is 5.70. The fourth-order valence-electron chi connectivity index (χ4n) is 4.65. The number of hydrogen-bond donors (Lipinski definition) is 1. The molecular weight excluding hydrogens is 248 g/mol. The fourth-order valence-corrected chi connectivity index (χ4v) is 4.65. The second kappa shape index (κ2) is 5.53. The predicted molar refractivity (Wildman–Crippen MR) is 79.8 cm³/mol. The number of fused-ring (bicyclic) bond motifs is 1. The largest absolute Gasteiger partial charge is 0.469 e. The van der Waals surface area contributed by atoms with Crippen LogP contribution in [-0.2, 0) is 6.42 Å². The van der Waals surface area contributed by atoms with Gasteiger partial charge in [0.2, 0.25) is 0 Å². The van der Waals surface area contributed by atoms with Crippen LogP contribution < -0.4 is 5.32 Å². The van der Waals surface area contributed by atoms with Gasteiger partial charge in [0.1, 0.15) is 5.76 Å². The third-order valence-corrected chi connectivity index (χ3v) is 5.58. The van der Waals surface area contributed by atoms with Crippen LogP contribution in [-0.4, -0.2) is 30.1 Å². The van der Waals surface area contributed by atoms with Gasteiger partial charge in [-0.2, -0.15) is 0 Å². The lowest BCUT2D eigenvalue weighted by Crippen LogP contribution is -2.51. The van der Waals surface area contributed by atoms with E-state index in [1.807, 2.05) is 6.26 Å². The van der Waals surface area contributed by atoms with Crippen LogP contribution in [0.2, 0.25) is 0 Å². The molecule has 1 aromatic rings. The van der Waals surface area contributed by atoms with Gasteiger partial charge in [-0.15, -0.1) is 0 Å². The standard InChI is InChI=1S/C17H26N2O/c1-2-11-19(16(6-1)14-5-4-10-18-14)15-7-3-8-17-13(15)9-12-20-17/h9,12,14-16,18H,1-8,10-11H2. The number of hydrogen-bond acceptors (Lipinski definition) is 3. The van der Waals surface area contributed by atoms with Crippen LogP contribution in [0.1, 0.15) is 62.3 Å². The first kappa shape index (κ1) is 12.9. The second-order valence-corrected chi connectivity index (χ2v) is 6.71. The maximum Gasteiger partial charge on any atom is 0.108 e. The van der Waals surface area contributed by atoms with Crippen LogP contribution in [0.15, 0.2) is 16.7 Å². The molecule has 3 heteroatoms. The van der Waals surface area contributed by atoms with Gasteiger partial charge in [0.05, 0.1) is 6.26 Å². The highest BCUT2D eigenvalue weighted by Crippen LogP contribution is 2.39. The van der Waals surface area contributed by atoms with Crippen LogP contribution in [0, 0.1) is 0 Å². The average molecular weight is 274 g/mol. The van der Waals surface area contributed by atoms with Gasteiger partial charge in [-0.05, 0) is 57.7 Å². The Morgan fingerprint density at radius 2 is 2.10 bits per heavy atom. The summed E-state index contributed by atoms with van der Waals surface area (Å²) >= 11 is 0. The Morgan fingerprint density at radius 3 is 3.00 bits per heavy atom. The Kier molecular flexibility index (Phi) is 3.57. The number of rotatable bonds is 2. The Morgan fingerprint density at radius 1 is 1.10 bits per heavy atom. The van der Waals surface area contributed by atoms with Crippen molar-refractivity contribution in [1.82, 2.24) is 10.2 Å². The summed E-state index contributed by atoms with van der Waals surface area (Å²) in [5.74, 6) is 1.25. The van der Waals surface area contributed by atoms with E-state index in [0.717, 1.165) is 18.5 Å². The number of furan rings is 1. The van der Waals surface area contributed by atoms with Crippen molar-refractivity contribution >= 4 is 0 Å². The maximum absolute atomic E-state index is 5.70. The second-order valence-electron chi connectivity index (χ2n) is 6.71. The molecule has 20 heavy (non-hydrogen) atoms. The van der Waals surface area contributed by atoms with E-state index in [4.69, 9.17) is 4.42 Å². The van der Waals surface area contributed by atoms with E-state index in [-0.39, 0.29) is 0 Å². The van der Waals surface area contributed by atoms with Crippen molar-refractivity contribution in [2.24, 2.45) is 0 Å². The Balaban J connectivity index is 1.59. The predicted octanol–water partition coefficient (Wildman–Crippen LogP) is 3.26. The van der Waals surface area contributed by atoms with Gasteiger partial charge in [0.25, 0.3) is 0 Å². The molecule has 3 nitrogen and oxygen atoms in total. The van der Waals surface area contributed by atoms with Crippen molar-refractivity contribution < 1.29 is 4.42 Å². The van der Waals surface area contributed by atoms with Gasteiger partial charge in [0, 0.05) is 30.1 Å². The molecule has 0 saturated carbocycles. The highest BCUT2D eigenvalue weighted by atomic mass is 16.3. The van der Waals surface area contributed by atoms with Crippen LogP contribution in [0.25, 0.3) is 0 Å². The van der Waals surface area contributed by atoms with Crippen molar-refractivity contribution in [3.8, 4) is 0 Å². The summed E-state index contributed by atoms with van der Waals surface area (Å²) in [6.07, 6.45) is 12.5. The third kappa shape index (κ3) is 2.21. The first-order valence-electron chi connectivity index (χ1n) is 8.49. The molecule has 2 saturated heterocycles. The molecule has 4 rings (SSSR count). The van der Waals surface area contributed by atoms with Crippen molar-refractivity contribution in [1.29, 1.82) is 0 Å². The van der Waals surface area contributed by atoms with E-state index >= 15 is 0 Å². The first-order valence-corrected chi connectivity index (χ1v) is 8.49. The molecule has 0 amide bonds. The topological polar surface area (TPSA) is 28.4 Å². The molecule has 0 aromatic carbocycles. The third-order valence-electron chi connectivity index (χ3n) is 5.58. The number of likely N-dealkylation sites (tertiary alicyclic amines) is 1. The van der Waals surface area contributed by atoms with Gasteiger partial charge in [-0.1, -0.05) is 6.42 Å². The van der Waals surface area contributed by atoms with Crippen LogP contribution in [0.4, 0.5) is 0 Å². The lowest BCUT2D eigenvalue weighted by Gasteiger charge is -2.45. The molecule has 1 aliphatic carbocycles. The SMILES string of the molecule is c1cc2c(o1)CCCC2N1CCCCC1C1CCCN1. The molecule has 2 fully saturated rings. The van der Waals surface area contributed by atoms with Crippen molar-refractivity contribution in [3.63, 3.8) is 0 Å². The monoisotopic (exact) mass is 274 g/mol. The van der Waals surface area contributed by atoms with E-state index in [9.17, 15) is 0 Å². The highest BCUT2D eigenvalue weighted by molar-refractivity contribution is 5.24. The number of nitrogens with one attached hydrogen (secondary N) is 1. The van der Waals surface area contributed by atoms with E-state index in [1.165, 1.54) is 69.4 Å². The zero-order chi connectivity index (χ0) is 13.4. The van der Waals surface area contributed by atoms with Gasteiger partial charge in [-0.25, -0.2) is 0 Å². The Hall–Kier alpha value is -0.800. The Labute approximate surface area is 121 Å². The molecule has 0 radical (unpaired) electrons. The van der Waals surface area contributed by atoms with Gasteiger partial charge in [-0.3, -0.25) is 4.90 Å². The van der Waals surface area contributed by atoms with E-state index in [1.54, 1.807) is 0 Å². The van der Waals surface area contributed by atoms with E-state index in [0.29, 0.717) is 6.04 Å². The maximum atomic E-state index is 5.70. The zero-order valence-corrected chi connectivity index (χ0v) is 12.3. The van der Waals surface area contributed by atoms with Crippen molar-refractivity contribution in [3.05, 3.63) is 23.7 Å². The van der Waals surface area contributed by atoms with Crippen LogP contribution in [0.5, 0.6) is 0 Å². The lowest BCUT2D eigenvalue weighted by atomic mass is 9.86. The van der Waals surface area contributed by atoms with Crippen LogP contribution in [0.3, 0.4) is 0 Å². The molecule has 110 valence electrons. The molecule has 3 heterocycles. The summed E-state index contributed by atoms with van der Waals surface area (Å²) in [7, 11) is 0. The average Bonchev–Trinajstić information content (AvgIpc) is 3.18. The van der Waals surface area contributed by atoms with Gasteiger partial charge in [0.15, 0.2) is 0 Å². The van der Waals surface area contributed by atoms with Gasteiger partial charge < -0.3 is 9.73 Å². The summed E-state index contributed by atoms with van der Waals surface area (Å²) in [6.45, 7) is 2.49. The quantitative estimate of drug-likeness (QED) is 0.897. The minimum absolute atomic E-state index is 0.616. The number of aryl methyl sites for hydroxylation is 1. The fraction of sp³-hybridized carbons (Fsp3) is 0.765. The Bertz CT molecular complexity index is 450. The highest BCUT2D eigenvalue weighted by Gasteiger charge is 2.37. The molecule has 3 unspecified atom stereocenters. The lowest BCUT2D eigenvalue weighted by molar-refractivity contribution is 0.0627. The molecule has 2 aliphatic heterocycles. The molecule has 0 spiro atoms. The van der Waals surface area contributed by atoms with Crippen molar-refractivity contribution in [2.75, 3.05) is 13.1 Å². The number of nitrogens with zero attached hydrogens (tertiary/aromatic N) is 1. The molecule has 3 aliphatic rings. The minimum Gasteiger partial charge on any atom is -0.469 e.